The molecule has 6 heteroatoms. The highest BCUT2D eigenvalue weighted by Gasteiger charge is 2.27. The molecule has 31 heavy (non-hydrogen) atoms. The molecule has 0 unspecified atom stereocenters. The first-order valence-corrected chi connectivity index (χ1v) is 11.0. The number of amides is 1. The lowest BCUT2D eigenvalue weighted by molar-refractivity contribution is 0.0937. The molecule has 2 heterocycles. The van der Waals surface area contributed by atoms with Crippen LogP contribution in [0.1, 0.15) is 46.8 Å². The van der Waals surface area contributed by atoms with Gasteiger partial charge in [0.15, 0.2) is 0 Å². The topological polar surface area (TPSA) is 48.5 Å². The van der Waals surface area contributed by atoms with Crippen molar-refractivity contribution in [3.8, 4) is 0 Å². The van der Waals surface area contributed by atoms with Crippen molar-refractivity contribution < 1.29 is 9.18 Å². The molecule has 5 nitrogen and oxygen atoms in total. The first-order valence-electron chi connectivity index (χ1n) is 11.0. The van der Waals surface area contributed by atoms with E-state index in [2.05, 4.69) is 27.3 Å². The van der Waals surface area contributed by atoms with Crippen LogP contribution in [-0.2, 0) is 6.42 Å². The molecule has 0 saturated carbocycles. The van der Waals surface area contributed by atoms with Gasteiger partial charge in [-0.05, 0) is 48.9 Å². The van der Waals surface area contributed by atoms with Crippen molar-refractivity contribution in [3.63, 3.8) is 0 Å². The molecule has 1 amide bonds. The molecule has 0 bridgehead atoms. The summed E-state index contributed by atoms with van der Waals surface area (Å²) in [5.41, 5.74) is 4.94. The Morgan fingerprint density at radius 1 is 1.16 bits per heavy atom. The van der Waals surface area contributed by atoms with Gasteiger partial charge in [0, 0.05) is 38.8 Å². The number of aryl methyl sites for hydroxylation is 1. The fraction of sp³-hybridized carbons (Fsp3) is 0.360. The molecule has 3 aromatic rings. The van der Waals surface area contributed by atoms with E-state index in [4.69, 9.17) is 0 Å². The van der Waals surface area contributed by atoms with Gasteiger partial charge in [-0.1, -0.05) is 24.3 Å². The molecule has 1 atom stereocenters. The number of carbonyl (C=O) groups is 1. The van der Waals surface area contributed by atoms with Crippen molar-refractivity contribution in [1.82, 2.24) is 10.3 Å². The Hall–Kier alpha value is -3.15. The maximum atomic E-state index is 14.8. The van der Waals surface area contributed by atoms with Crippen LogP contribution in [0.3, 0.4) is 0 Å². The normalized spacial score (nSPS) is 17.8. The van der Waals surface area contributed by atoms with Gasteiger partial charge in [-0.2, -0.15) is 0 Å². The fourth-order valence-corrected chi connectivity index (χ4v) is 5.04. The van der Waals surface area contributed by atoms with Crippen LogP contribution in [0.5, 0.6) is 0 Å². The quantitative estimate of drug-likeness (QED) is 0.680. The zero-order valence-corrected chi connectivity index (χ0v) is 18.0. The number of halogens is 1. The molecule has 160 valence electrons. The summed E-state index contributed by atoms with van der Waals surface area (Å²) in [5.74, 6) is -0.404. The third-order valence-corrected chi connectivity index (χ3v) is 6.49. The third kappa shape index (κ3) is 3.40. The highest BCUT2D eigenvalue weighted by atomic mass is 19.1. The molecule has 0 spiro atoms. The van der Waals surface area contributed by atoms with Crippen LogP contribution in [0.15, 0.2) is 42.6 Å². The second-order valence-electron chi connectivity index (χ2n) is 8.66. The molecule has 2 aliphatic rings. The van der Waals surface area contributed by atoms with Gasteiger partial charge in [0.05, 0.1) is 28.5 Å². The SMILES string of the molecule is CN(C)c1c(C(=O)N[C@H]2CCc3ccccc32)cnc2c(N3CCCC3)c(F)ccc12. The van der Waals surface area contributed by atoms with Crippen LogP contribution in [0.25, 0.3) is 10.9 Å². The molecule has 1 N–H and O–H groups in total. The third-order valence-electron chi connectivity index (χ3n) is 6.49. The van der Waals surface area contributed by atoms with E-state index in [0.717, 1.165) is 49.8 Å². The number of nitrogens with zero attached hydrogens (tertiary/aromatic N) is 3. The monoisotopic (exact) mass is 418 g/mol. The standard InChI is InChI=1S/C25H27FN4O/c1-29(2)23-18-10-11-20(26)24(30-13-5-6-14-30)22(18)27-15-19(23)25(31)28-21-12-9-16-7-3-4-8-17(16)21/h3-4,7-8,10-11,15,21H,5-6,9,12-14H2,1-2H3,(H,28,31)/t21-/m0/s1. The van der Waals surface area contributed by atoms with Crippen LogP contribution in [0, 0.1) is 5.82 Å². The summed E-state index contributed by atoms with van der Waals surface area (Å²) in [6.45, 7) is 1.66. The molecule has 1 aliphatic heterocycles. The number of anilines is 2. The van der Waals surface area contributed by atoms with Crippen molar-refractivity contribution in [3.05, 3.63) is 65.1 Å². The van der Waals surface area contributed by atoms with Crippen molar-refractivity contribution >= 4 is 28.2 Å². The van der Waals surface area contributed by atoms with Crippen molar-refractivity contribution in [1.29, 1.82) is 0 Å². The minimum atomic E-state index is -0.258. The molecule has 1 saturated heterocycles. The number of rotatable bonds is 4. The second-order valence-corrected chi connectivity index (χ2v) is 8.66. The second kappa shape index (κ2) is 7.84. The van der Waals surface area contributed by atoms with Gasteiger partial charge >= 0.3 is 0 Å². The summed E-state index contributed by atoms with van der Waals surface area (Å²) in [7, 11) is 3.82. The fourth-order valence-electron chi connectivity index (χ4n) is 5.04. The number of fused-ring (bicyclic) bond motifs is 2. The van der Waals surface area contributed by atoms with Gasteiger partial charge in [0.1, 0.15) is 5.82 Å². The molecule has 1 fully saturated rings. The Morgan fingerprint density at radius 2 is 1.94 bits per heavy atom. The lowest BCUT2D eigenvalue weighted by atomic mass is 10.0. The number of benzene rings is 2. The summed E-state index contributed by atoms with van der Waals surface area (Å²) in [6, 6.07) is 11.5. The minimum Gasteiger partial charge on any atom is -0.376 e. The molecule has 0 radical (unpaired) electrons. The first kappa shape index (κ1) is 19.8. The summed E-state index contributed by atoms with van der Waals surface area (Å²) in [4.78, 5) is 21.9. The maximum absolute atomic E-state index is 14.8. The van der Waals surface area contributed by atoms with Gasteiger partial charge in [0.25, 0.3) is 5.91 Å². The van der Waals surface area contributed by atoms with Gasteiger partial charge in [0.2, 0.25) is 0 Å². The lowest BCUT2D eigenvalue weighted by Crippen LogP contribution is -2.29. The summed E-state index contributed by atoms with van der Waals surface area (Å²) >= 11 is 0. The zero-order chi connectivity index (χ0) is 21.5. The molecule has 1 aliphatic carbocycles. The Labute approximate surface area is 181 Å². The minimum absolute atomic E-state index is 0.00258. The summed E-state index contributed by atoms with van der Waals surface area (Å²) in [5, 5.41) is 4.00. The van der Waals surface area contributed by atoms with Crippen molar-refractivity contribution in [2.45, 2.75) is 31.7 Å². The number of hydrogen-bond donors (Lipinski definition) is 1. The maximum Gasteiger partial charge on any atom is 0.255 e. The summed E-state index contributed by atoms with van der Waals surface area (Å²) < 4.78 is 14.8. The van der Waals surface area contributed by atoms with Crippen LogP contribution in [-0.4, -0.2) is 38.1 Å². The highest BCUT2D eigenvalue weighted by molar-refractivity contribution is 6.09. The number of nitrogens with one attached hydrogen (secondary N) is 1. The summed E-state index contributed by atoms with van der Waals surface area (Å²) in [6.07, 6.45) is 5.58. The molecule has 1 aromatic heterocycles. The number of hydrogen-bond acceptors (Lipinski definition) is 4. The highest BCUT2D eigenvalue weighted by Crippen LogP contribution is 2.37. The predicted molar refractivity (Wildman–Crippen MR) is 122 cm³/mol. The van der Waals surface area contributed by atoms with Gasteiger partial charge in [-0.25, -0.2) is 4.39 Å². The first-order chi connectivity index (χ1) is 15.0. The Kier molecular flexibility index (Phi) is 5.00. The average Bonchev–Trinajstić information content (AvgIpc) is 3.43. The van der Waals surface area contributed by atoms with E-state index in [1.54, 1.807) is 12.3 Å². The van der Waals surface area contributed by atoms with Gasteiger partial charge in [-0.15, -0.1) is 0 Å². The van der Waals surface area contributed by atoms with E-state index in [9.17, 15) is 9.18 Å². The van der Waals surface area contributed by atoms with E-state index in [1.807, 2.05) is 31.1 Å². The Bertz CT molecular complexity index is 1150. The van der Waals surface area contributed by atoms with Crippen LogP contribution < -0.4 is 15.1 Å². The van der Waals surface area contributed by atoms with E-state index < -0.39 is 0 Å². The van der Waals surface area contributed by atoms with Gasteiger partial charge < -0.3 is 15.1 Å². The molecular formula is C25H27FN4O. The molecular weight excluding hydrogens is 391 g/mol. The largest absolute Gasteiger partial charge is 0.376 e. The zero-order valence-electron chi connectivity index (χ0n) is 18.0. The van der Waals surface area contributed by atoms with E-state index in [-0.39, 0.29) is 17.8 Å². The van der Waals surface area contributed by atoms with E-state index in [0.29, 0.717) is 16.8 Å². The van der Waals surface area contributed by atoms with Gasteiger partial charge in [-0.3, -0.25) is 9.78 Å². The lowest BCUT2D eigenvalue weighted by Gasteiger charge is -2.24. The Balaban J connectivity index is 1.55. The molecule has 5 rings (SSSR count). The van der Waals surface area contributed by atoms with E-state index in [1.165, 1.54) is 17.2 Å². The van der Waals surface area contributed by atoms with E-state index >= 15 is 0 Å². The van der Waals surface area contributed by atoms with Crippen molar-refractivity contribution in [2.75, 3.05) is 37.0 Å². The number of aromatic nitrogens is 1. The number of pyridine rings is 1. The van der Waals surface area contributed by atoms with Crippen molar-refractivity contribution in [2.24, 2.45) is 0 Å². The Morgan fingerprint density at radius 3 is 2.71 bits per heavy atom. The number of carbonyl (C=O) groups excluding carboxylic acids is 1. The molecule has 2 aromatic carbocycles. The predicted octanol–water partition coefficient (Wildman–Crippen LogP) is 4.46. The van der Waals surface area contributed by atoms with Crippen LogP contribution in [0.4, 0.5) is 15.8 Å². The smallest absolute Gasteiger partial charge is 0.255 e. The van der Waals surface area contributed by atoms with Crippen LogP contribution in [0.2, 0.25) is 0 Å². The van der Waals surface area contributed by atoms with Crippen LogP contribution >= 0.6 is 0 Å². The average molecular weight is 419 g/mol.